The van der Waals surface area contributed by atoms with Gasteiger partial charge in [0.1, 0.15) is 11.6 Å². The number of imidazole rings is 1. The fourth-order valence-corrected chi connectivity index (χ4v) is 1.50. The number of nitrogens with one attached hydrogen (secondary N) is 1. The van der Waals surface area contributed by atoms with Crippen molar-refractivity contribution in [1.29, 1.82) is 0 Å². The largest absolute Gasteiger partial charge is 0.358 e. The van der Waals surface area contributed by atoms with Crippen molar-refractivity contribution < 1.29 is 8.78 Å². The summed E-state index contributed by atoms with van der Waals surface area (Å²) in [5.41, 5.74) is 0.428. The zero-order valence-corrected chi connectivity index (χ0v) is 8.96. The fraction of sp³-hybridized carbons (Fsp3) is 0.182. The van der Waals surface area contributed by atoms with Gasteiger partial charge in [0.2, 0.25) is 5.95 Å². The van der Waals surface area contributed by atoms with E-state index in [9.17, 15) is 8.78 Å². The van der Waals surface area contributed by atoms with Crippen molar-refractivity contribution >= 4 is 5.95 Å². The van der Waals surface area contributed by atoms with Crippen molar-refractivity contribution in [3.8, 4) is 5.69 Å². The van der Waals surface area contributed by atoms with Crippen LogP contribution in [-0.4, -0.2) is 16.6 Å². The van der Waals surface area contributed by atoms with Gasteiger partial charge in [0.25, 0.3) is 0 Å². The zero-order valence-electron chi connectivity index (χ0n) is 8.96. The Labute approximate surface area is 91.7 Å². The number of aromatic nitrogens is 2. The molecule has 0 fully saturated rings. The summed E-state index contributed by atoms with van der Waals surface area (Å²) < 4.78 is 28.5. The van der Waals surface area contributed by atoms with Gasteiger partial charge in [-0.25, -0.2) is 13.8 Å². The first-order valence-electron chi connectivity index (χ1n) is 4.80. The molecular weight excluding hydrogens is 212 g/mol. The van der Waals surface area contributed by atoms with Crippen LogP contribution < -0.4 is 5.32 Å². The molecule has 1 N–H and O–H groups in total. The topological polar surface area (TPSA) is 29.9 Å². The predicted octanol–water partition coefficient (Wildman–Crippen LogP) is 2.50. The number of halogens is 2. The Bertz CT molecular complexity index is 520. The Morgan fingerprint density at radius 3 is 2.69 bits per heavy atom. The van der Waals surface area contributed by atoms with Crippen molar-refractivity contribution in [1.82, 2.24) is 9.55 Å². The summed E-state index contributed by atoms with van der Waals surface area (Å²) in [5, 5.41) is 2.80. The van der Waals surface area contributed by atoms with E-state index in [1.165, 1.54) is 23.8 Å². The number of aryl methyl sites for hydroxylation is 1. The predicted molar refractivity (Wildman–Crippen MR) is 57.8 cm³/mol. The average Bonchev–Trinajstić information content (AvgIpc) is 2.71. The van der Waals surface area contributed by atoms with Gasteiger partial charge in [0.05, 0.1) is 5.69 Å². The highest BCUT2D eigenvalue weighted by Crippen LogP contribution is 2.20. The molecule has 2 rings (SSSR count). The molecule has 0 spiro atoms. The molecule has 0 amide bonds. The van der Waals surface area contributed by atoms with Crippen LogP contribution in [0.5, 0.6) is 0 Å². The normalized spacial score (nSPS) is 10.5. The maximum atomic E-state index is 13.7. The lowest BCUT2D eigenvalue weighted by molar-refractivity contribution is 0.586. The molecule has 1 heterocycles. The molecule has 16 heavy (non-hydrogen) atoms. The Hall–Kier alpha value is -1.91. The minimum absolute atomic E-state index is 0.143. The van der Waals surface area contributed by atoms with Crippen LogP contribution in [-0.2, 0) is 0 Å². The molecule has 0 unspecified atom stereocenters. The van der Waals surface area contributed by atoms with Gasteiger partial charge >= 0.3 is 0 Å². The van der Waals surface area contributed by atoms with Crippen molar-refractivity contribution in [2.24, 2.45) is 0 Å². The second-order valence-corrected chi connectivity index (χ2v) is 3.42. The summed E-state index contributed by atoms with van der Waals surface area (Å²) in [5.74, 6) is -0.456. The van der Waals surface area contributed by atoms with Crippen molar-refractivity contribution in [3.05, 3.63) is 41.7 Å². The first-order chi connectivity index (χ1) is 7.63. The molecule has 0 saturated heterocycles. The van der Waals surface area contributed by atoms with Crippen molar-refractivity contribution in [3.63, 3.8) is 0 Å². The van der Waals surface area contributed by atoms with Gasteiger partial charge in [-0.15, -0.1) is 0 Å². The highest BCUT2D eigenvalue weighted by atomic mass is 19.1. The second kappa shape index (κ2) is 3.92. The fourth-order valence-electron chi connectivity index (χ4n) is 1.50. The van der Waals surface area contributed by atoms with E-state index in [0.717, 1.165) is 6.07 Å². The molecule has 0 aliphatic rings. The van der Waals surface area contributed by atoms with Crippen LogP contribution in [0.3, 0.4) is 0 Å². The monoisotopic (exact) mass is 223 g/mol. The van der Waals surface area contributed by atoms with E-state index < -0.39 is 11.6 Å². The number of nitrogens with zero attached hydrogens (tertiary/aromatic N) is 2. The van der Waals surface area contributed by atoms with Gasteiger partial charge < -0.3 is 5.32 Å². The number of hydrogen-bond donors (Lipinski definition) is 1. The molecule has 0 saturated carbocycles. The third-order valence-corrected chi connectivity index (χ3v) is 2.35. The molecule has 3 nitrogen and oxygen atoms in total. The molecule has 5 heteroatoms. The van der Waals surface area contributed by atoms with E-state index in [0.29, 0.717) is 5.95 Å². The lowest BCUT2D eigenvalue weighted by Gasteiger charge is -2.09. The van der Waals surface area contributed by atoms with E-state index in [4.69, 9.17) is 0 Å². The van der Waals surface area contributed by atoms with Crippen LogP contribution in [0.2, 0.25) is 0 Å². The molecule has 0 atom stereocenters. The molecule has 0 aliphatic heterocycles. The van der Waals surface area contributed by atoms with Gasteiger partial charge in [-0.05, 0) is 18.6 Å². The minimum Gasteiger partial charge on any atom is -0.358 e. The standard InChI is InChI=1S/C11H11F2N3/c1-7-5-9(13)10(6-8(7)12)16-4-3-15-11(16)14-2/h3-6H,1-2H3,(H,14,15). The number of hydrogen-bond acceptors (Lipinski definition) is 2. The van der Waals surface area contributed by atoms with Gasteiger partial charge in [0.15, 0.2) is 0 Å². The molecule has 0 radical (unpaired) electrons. The lowest BCUT2D eigenvalue weighted by atomic mass is 10.2. The lowest BCUT2D eigenvalue weighted by Crippen LogP contribution is -2.04. The first-order valence-corrected chi connectivity index (χ1v) is 4.80. The van der Waals surface area contributed by atoms with Crippen molar-refractivity contribution in [2.45, 2.75) is 6.92 Å². The van der Waals surface area contributed by atoms with Gasteiger partial charge in [-0.1, -0.05) is 0 Å². The SMILES string of the molecule is CNc1nccn1-c1cc(F)c(C)cc1F. The van der Waals surface area contributed by atoms with E-state index >= 15 is 0 Å². The average molecular weight is 223 g/mol. The smallest absolute Gasteiger partial charge is 0.207 e. The number of anilines is 1. The van der Waals surface area contributed by atoms with Gasteiger partial charge in [0, 0.05) is 25.5 Å². The molecule has 84 valence electrons. The van der Waals surface area contributed by atoms with Crippen molar-refractivity contribution in [2.75, 3.05) is 12.4 Å². The molecule has 0 bridgehead atoms. The van der Waals surface area contributed by atoms with Crippen LogP contribution in [0.1, 0.15) is 5.56 Å². The quantitative estimate of drug-likeness (QED) is 0.847. The summed E-state index contributed by atoms with van der Waals surface area (Å²) in [6.45, 7) is 1.52. The summed E-state index contributed by atoms with van der Waals surface area (Å²) in [6, 6.07) is 2.33. The van der Waals surface area contributed by atoms with E-state index in [1.54, 1.807) is 13.2 Å². The third-order valence-electron chi connectivity index (χ3n) is 2.35. The van der Waals surface area contributed by atoms with Crippen LogP contribution in [0, 0.1) is 18.6 Å². The maximum Gasteiger partial charge on any atom is 0.207 e. The van der Waals surface area contributed by atoms with Crippen LogP contribution in [0.4, 0.5) is 14.7 Å². The minimum atomic E-state index is -0.478. The summed E-state index contributed by atoms with van der Waals surface area (Å²) in [7, 11) is 1.67. The Kier molecular flexibility index (Phi) is 2.60. The molecule has 1 aromatic heterocycles. The van der Waals surface area contributed by atoms with Crippen LogP contribution in [0.15, 0.2) is 24.5 Å². The highest BCUT2D eigenvalue weighted by molar-refractivity contribution is 5.44. The Morgan fingerprint density at radius 2 is 2.00 bits per heavy atom. The summed E-state index contributed by atoms with van der Waals surface area (Å²) in [6.07, 6.45) is 3.09. The van der Waals surface area contributed by atoms with Gasteiger partial charge in [-0.3, -0.25) is 4.57 Å². The molecule has 0 aliphatic carbocycles. The van der Waals surface area contributed by atoms with E-state index in [2.05, 4.69) is 10.3 Å². The highest BCUT2D eigenvalue weighted by Gasteiger charge is 2.11. The van der Waals surface area contributed by atoms with Crippen LogP contribution in [0.25, 0.3) is 5.69 Å². The summed E-state index contributed by atoms with van der Waals surface area (Å²) >= 11 is 0. The number of rotatable bonds is 2. The zero-order chi connectivity index (χ0) is 11.7. The summed E-state index contributed by atoms with van der Waals surface area (Å²) in [4.78, 5) is 3.97. The first kappa shape index (κ1) is 10.6. The van der Waals surface area contributed by atoms with E-state index in [-0.39, 0.29) is 11.3 Å². The van der Waals surface area contributed by atoms with E-state index in [1.807, 2.05) is 0 Å². The Balaban J connectivity index is 2.60. The Morgan fingerprint density at radius 1 is 1.25 bits per heavy atom. The molecule has 2 aromatic rings. The van der Waals surface area contributed by atoms with Gasteiger partial charge in [-0.2, -0.15) is 0 Å². The second-order valence-electron chi connectivity index (χ2n) is 3.42. The maximum absolute atomic E-state index is 13.7. The number of benzene rings is 1. The van der Waals surface area contributed by atoms with Crippen LogP contribution >= 0.6 is 0 Å². The third kappa shape index (κ3) is 1.64. The molecule has 1 aromatic carbocycles. The molecular formula is C11H11F2N3.